The first-order valence-electron chi connectivity index (χ1n) is 10.2. The number of amides is 2. The molecule has 7 nitrogen and oxygen atoms in total. The van der Waals surface area contributed by atoms with E-state index in [1.54, 1.807) is 16.8 Å². The summed E-state index contributed by atoms with van der Waals surface area (Å²) >= 11 is 0. The number of hydrogen-bond donors (Lipinski definition) is 3. The molecule has 0 aliphatic heterocycles. The maximum Gasteiger partial charge on any atom is 0.335 e. The Kier molecular flexibility index (Phi) is 5.40. The average molecular weight is 428 g/mol. The lowest BCUT2D eigenvalue weighted by Crippen LogP contribution is -2.21. The topological polar surface area (TPSA) is 96.2 Å². The molecule has 0 radical (unpaired) electrons. The van der Waals surface area contributed by atoms with Crippen LogP contribution in [0, 0.1) is 0 Å². The molecule has 32 heavy (non-hydrogen) atoms. The van der Waals surface area contributed by atoms with Crippen molar-refractivity contribution in [2.75, 3.05) is 10.6 Å². The molecular weight excluding hydrogens is 404 g/mol. The van der Waals surface area contributed by atoms with Crippen molar-refractivity contribution >= 4 is 34.3 Å². The summed E-state index contributed by atoms with van der Waals surface area (Å²) in [7, 11) is 0. The molecule has 0 saturated heterocycles. The van der Waals surface area contributed by atoms with Crippen LogP contribution in [-0.4, -0.2) is 26.9 Å². The second-order valence-corrected chi connectivity index (χ2v) is 8.53. The molecule has 162 valence electrons. The van der Waals surface area contributed by atoms with Gasteiger partial charge >= 0.3 is 12.0 Å². The molecule has 3 aromatic carbocycles. The SMILES string of the molecule is CC(C)(C)c1cc(NC(=O)Nc2cccc3ccccc23)n(-c2ccc(C(=O)O)cc2)n1. The fourth-order valence-corrected chi connectivity index (χ4v) is 3.38. The second kappa shape index (κ2) is 8.19. The third kappa shape index (κ3) is 4.32. The van der Waals surface area contributed by atoms with Crippen molar-refractivity contribution < 1.29 is 14.7 Å². The summed E-state index contributed by atoms with van der Waals surface area (Å²) < 4.78 is 1.61. The highest BCUT2D eigenvalue weighted by Crippen LogP contribution is 2.27. The molecule has 4 aromatic rings. The molecule has 0 fully saturated rings. The number of benzene rings is 3. The summed E-state index contributed by atoms with van der Waals surface area (Å²) in [5.41, 5.74) is 2.08. The van der Waals surface area contributed by atoms with Gasteiger partial charge in [-0.25, -0.2) is 14.3 Å². The Labute approximate surface area is 185 Å². The number of aromatic nitrogens is 2. The van der Waals surface area contributed by atoms with E-state index < -0.39 is 12.0 Å². The van der Waals surface area contributed by atoms with Crippen molar-refractivity contribution in [3.8, 4) is 5.69 Å². The Bertz CT molecular complexity index is 1300. The number of fused-ring (bicyclic) bond motifs is 1. The minimum Gasteiger partial charge on any atom is -0.478 e. The molecule has 0 saturated carbocycles. The summed E-state index contributed by atoms with van der Waals surface area (Å²) in [6.45, 7) is 6.10. The first kappa shape index (κ1) is 21.1. The summed E-state index contributed by atoms with van der Waals surface area (Å²) in [6, 6.07) is 21.3. The maximum absolute atomic E-state index is 12.9. The van der Waals surface area contributed by atoms with E-state index in [4.69, 9.17) is 5.11 Å². The number of urea groups is 1. The fraction of sp³-hybridized carbons (Fsp3) is 0.160. The number of carboxylic acid groups (broad SMARTS) is 1. The van der Waals surface area contributed by atoms with Gasteiger partial charge in [0.15, 0.2) is 0 Å². The lowest BCUT2D eigenvalue weighted by Gasteiger charge is -2.14. The highest BCUT2D eigenvalue weighted by atomic mass is 16.4. The van der Waals surface area contributed by atoms with E-state index in [1.807, 2.05) is 69.3 Å². The third-order valence-corrected chi connectivity index (χ3v) is 5.12. The lowest BCUT2D eigenvalue weighted by atomic mass is 9.92. The molecule has 4 rings (SSSR count). The minimum atomic E-state index is -1.000. The van der Waals surface area contributed by atoms with Crippen LogP contribution in [-0.2, 0) is 5.41 Å². The van der Waals surface area contributed by atoms with Crippen LogP contribution in [0.25, 0.3) is 16.5 Å². The molecule has 0 aliphatic rings. The van der Waals surface area contributed by atoms with E-state index in [1.165, 1.54) is 12.1 Å². The standard InChI is InChI=1S/C25H24N4O3/c1-25(2,3)21-15-22(29(28-21)18-13-11-17(12-14-18)23(30)31)27-24(32)26-20-10-6-8-16-7-4-5-9-19(16)20/h4-15H,1-3H3,(H,30,31)(H2,26,27,32). The summed E-state index contributed by atoms with van der Waals surface area (Å²) in [5, 5.41) is 21.6. The van der Waals surface area contributed by atoms with E-state index in [9.17, 15) is 9.59 Å². The number of carbonyl (C=O) groups excluding carboxylic acids is 1. The van der Waals surface area contributed by atoms with E-state index >= 15 is 0 Å². The third-order valence-electron chi connectivity index (χ3n) is 5.12. The van der Waals surface area contributed by atoms with Crippen LogP contribution in [0.1, 0.15) is 36.8 Å². The number of carboxylic acids is 1. The molecular formula is C25H24N4O3. The normalized spacial score (nSPS) is 11.3. The summed E-state index contributed by atoms with van der Waals surface area (Å²) in [4.78, 5) is 24.0. The van der Waals surface area contributed by atoms with Gasteiger partial charge in [0.2, 0.25) is 0 Å². The van der Waals surface area contributed by atoms with Crippen LogP contribution >= 0.6 is 0 Å². The van der Waals surface area contributed by atoms with Crippen molar-refractivity contribution in [2.24, 2.45) is 0 Å². The zero-order valence-corrected chi connectivity index (χ0v) is 18.1. The number of nitrogens with zero attached hydrogens (tertiary/aromatic N) is 2. The molecule has 1 heterocycles. The first-order valence-corrected chi connectivity index (χ1v) is 10.2. The van der Waals surface area contributed by atoms with Crippen molar-refractivity contribution in [3.63, 3.8) is 0 Å². The Morgan fingerprint density at radius 2 is 1.59 bits per heavy atom. The van der Waals surface area contributed by atoms with Crippen LogP contribution in [0.3, 0.4) is 0 Å². The second-order valence-electron chi connectivity index (χ2n) is 8.53. The maximum atomic E-state index is 12.9. The number of nitrogens with one attached hydrogen (secondary N) is 2. The van der Waals surface area contributed by atoms with E-state index in [-0.39, 0.29) is 11.0 Å². The van der Waals surface area contributed by atoms with Crippen molar-refractivity contribution in [2.45, 2.75) is 26.2 Å². The Morgan fingerprint density at radius 3 is 2.28 bits per heavy atom. The van der Waals surface area contributed by atoms with Gasteiger partial charge in [-0.2, -0.15) is 5.10 Å². The number of aromatic carboxylic acids is 1. The molecule has 0 unspecified atom stereocenters. The van der Waals surface area contributed by atoms with Gasteiger partial charge in [0.25, 0.3) is 0 Å². The predicted octanol–water partition coefficient (Wildman–Crippen LogP) is 5.67. The monoisotopic (exact) mass is 428 g/mol. The van der Waals surface area contributed by atoms with Crippen molar-refractivity contribution in [3.05, 3.63) is 84.1 Å². The van der Waals surface area contributed by atoms with Gasteiger partial charge < -0.3 is 10.4 Å². The van der Waals surface area contributed by atoms with Crippen molar-refractivity contribution in [1.29, 1.82) is 0 Å². The molecule has 3 N–H and O–H groups in total. The smallest absolute Gasteiger partial charge is 0.335 e. The van der Waals surface area contributed by atoms with E-state index in [0.29, 0.717) is 17.2 Å². The molecule has 0 spiro atoms. The minimum absolute atomic E-state index is 0.181. The molecule has 0 aliphatic carbocycles. The molecule has 0 bridgehead atoms. The number of rotatable bonds is 4. The predicted molar refractivity (Wildman–Crippen MR) is 126 cm³/mol. The van der Waals surface area contributed by atoms with Gasteiger partial charge in [0.1, 0.15) is 5.82 Å². The Hall–Kier alpha value is -4.13. The molecule has 0 atom stereocenters. The highest BCUT2D eigenvalue weighted by Gasteiger charge is 2.22. The molecule has 1 aromatic heterocycles. The van der Waals surface area contributed by atoms with Crippen LogP contribution in [0.2, 0.25) is 0 Å². The van der Waals surface area contributed by atoms with E-state index in [0.717, 1.165) is 16.5 Å². The zero-order valence-electron chi connectivity index (χ0n) is 18.1. The largest absolute Gasteiger partial charge is 0.478 e. The van der Waals surface area contributed by atoms with Gasteiger partial charge in [-0.3, -0.25) is 5.32 Å². The average Bonchev–Trinajstić information content (AvgIpc) is 3.18. The van der Waals surface area contributed by atoms with Crippen LogP contribution in [0.4, 0.5) is 16.3 Å². The first-order chi connectivity index (χ1) is 15.2. The summed E-state index contributed by atoms with van der Waals surface area (Å²) in [6.07, 6.45) is 0. The van der Waals surface area contributed by atoms with Gasteiger partial charge in [0, 0.05) is 16.9 Å². The van der Waals surface area contributed by atoms with Crippen LogP contribution in [0.15, 0.2) is 72.8 Å². The fourth-order valence-electron chi connectivity index (χ4n) is 3.38. The lowest BCUT2D eigenvalue weighted by molar-refractivity contribution is 0.0697. The number of hydrogen-bond acceptors (Lipinski definition) is 3. The Balaban J connectivity index is 1.65. The van der Waals surface area contributed by atoms with E-state index in [2.05, 4.69) is 15.7 Å². The zero-order chi connectivity index (χ0) is 22.9. The summed E-state index contributed by atoms with van der Waals surface area (Å²) in [5.74, 6) is -0.518. The van der Waals surface area contributed by atoms with Crippen molar-refractivity contribution in [1.82, 2.24) is 9.78 Å². The van der Waals surface area contributed by atoms with Gasteiger partial charge in [-0.1, -0.05) is 57.2 Å². The van der Waals surface area contributed by atoms with Gasteiger partial charge in [-0.05, 0) is 35.7 Å². The highest BCUT2D eigenvalue weighted by molar-refractivity contribution is 6.06. The van der Waals surface area contributed by atoms with Crippen LogP contribution in [0.5, 0.6) is 0 Å². The molecule has 2 amide bonds. The Morgan fingerprint density at radius 1 is 0.906 bits per heavy atom. The van der Waals surface area contributed by atoms with Gasteiger partial charge in [-0.15, -0.1) is 0 Å². The van der Waals surface area contributed by atoms with Crippen LogP contribution < -0.4 is 10.6 Å². The number of carbonyl (C=O) groups is 2. The number of anilines is 2. The van der Waals surface area contributed by atoms with Gasteiger partial charge in [0.05, 0.1) is 22.6 Å². The molecule has 7 heteroatoms. The quantitative estimate of drug-likeness (QED) is 0.390.